The summed E-state index contributed by atoms with van der Waals surface area (Å²) in [5.74, 6) is -1.18. The van der Waals surface area contributed by atoms with Crippen LogP contribution in [0.3, 0.4) is 0 Å². The second-order valence-corrected chi connectivity index (χ2v) is 9.63. The molecule has 0 saturated carbocycles. The molecule has 0 bridgehead atoms. The molecule has 1 aromatic heterocycles. The first kappa shape index (κ1) is 21.9. The fourth-order valence-electron chi connectivity index (χ4n) is 2.69. The molecule has 3 aromatic rings. The molecule has 0 atom stereocenters. The van der Waals surface area contributed by atoms with Gasteiger partial charge in [-0.15, -0.1) is 0 Å². The summed E-state index contributed by atoms with van der Waals surface area (Å²) in [4.78, 5) is 12.4. The molecule has 1 amide bonds. The lowest BCUT2D eigenvalue weighted by molar-refractivity contribution is 0.102. The molecule has 3 rings (SSSR count). The standard InChI is InChI=1S/C20H20ClFN4O3S/c1-20(2,3)25-30(28,29)18-11-13(5-7-15(18)21)19(27)24-14-6-8-17(16(22)12-14)26-10-4-9-23-26/h4-12,25H,1-3H3,(H,24,27). The largest absolute Gasteiger partial charge is 0.322 e. The molecule has 0 spiro atoms. The van der Waals surface area contributed by atoms with Crippen molar-refractivity contribution in [2.75, 3.05) is 5.32 Å². The second-order valence-electron chi connectivity index (χ2n) is 7.57. The van der Waals surface area contributed by atoms with E-state index in [1.54, 1.807) is 33.0 Å². The van der Waals surface area contributed by atoms with Gasteiger partial charge in [-0.1, -0.05) is 11.6 Å². The molecular weight excluding hydrogens is 431 g/mol. The van der Waals surface area contributed by atoms with E-state index in [0.29, 0.717) is 0 Å². The van der Waals surface area contributed by atoms with Gasteiger partial charge in [0.15, 0.2) is 5.82 Å². The van der Waals surface area contributed by atoms with Gasteiger partial charge in [0.2, 0.25) is 10.0 Å². The molecular formula is C20H20ClFN4O3S. The second kappa shape index (κ2) is 8.17. The average Bonchev–Trinajstić information content (AvgIpc) is 3.14. The zero-order valence-corrected chi connectivity index (χ0v) is 18.1. The minimum Gasteiger partial charge on any atom is -0.322 e. The third-order valence-corrected chi connectivity index (χ3v) is 6.12. The zero-order chi connectivity index (χ0) is 22.1. The monoisotopic (exact) mass is 450 g/mol. The van der Waals surface area contributed by atoms with Crippen LogP contribution in [0.2, 0.25) is 5.02 Å². The van der Waals surface area contributed by atoms with E-state index < -0.39 is 27.3 Å². The van der Waals surface area contributed by atoms with Crippen LogP contribution in [0.4, 0.5) is 10.1 Å². The molecule has 1 heterocycles. The molecule has 2 N–H and O–H groups in total. The van der Waals surface area contributed by atoms with Crippen molar-refractivity contribution < 1.29 is 17.6 Å². The van der Waals surface area contributed by atoms with Crippen LogP contribution in [0.1, 0.15) is 31.1 Å². The minimum absolute atomic E-state index is 0.0158. The maximum Gasteiger partial charge on any atom is 0.255 e. The predicted octanol–water partition coefficient (Wildman–Crippen LogP) is 3.99. The van der Waals surface area contributed by atoms with Crippen molar-refractivity contribution >= 4 is 33.2 Å². The van der Waals surface area contributed by atoms with Crippen LogP contribution in [0.25, 0.3) is 5.69 Å². The Morgan fingerprint density at radius 3 is 2.50 bits per heavy atom. The molecule has 7 nitrogen and oxygen atoms in total. The number of carbonyl (C=O) groups is 1. The molecule has 0 unspecified atom stereocenters. The van der Waals surface area contributed by atoms with Crippen LogP contribution >= 0.6 is 11.6 Å². The fourth-order valence-corrected chi connectivity index (χ4v) is 4.64. The SMILES string of the molecule is CC(C)(C)NS(=O)(=O)c1cc(C(=O)Nc2ccc(-n3cccn3)c(F)c2)ccc1Cl. The van der Waals surface area contributed by atoms with E-state index in [0.717, 1.165) is 6.07 Å². The third kappa shape index (κ3) is 5.05. The zero-order valence-electron chi connectivity index (χ0n) is 16.5. The van der Waals surface area contributed by atoms with Gasteiger partial charge in [-0.25, -0.2) is 22.2 Å². The summed E-state index contributed by atoms with van der Waals surface area (Å²) in [6.07, 6.45) is 3.12. The van der Waals surface area contributed by atoms with E-state index in [1.165, 1.54) is 41.2 Å². The van der Waals surface area contributed by atoms with Gasteiger partial charge in [0.25, 0.3) is 5.91 Å². The van der Waals surface area contributed by atoms with Gasteiger partial charge in [0, 0.05) is 29.2 Å². The van der Waals surface area contributed by atoms with Gasteiger partial charge in [-0.05, 0) is 63.2 Å². The van der Waals surface area contributed by atoms with Crippen molar-refractivity contribution in [2.45, 2.75) is 31.2 Å². The lowest BCUT2D eigenvalue weighted by Crippen LogP contribution is -2.40. The van der Waals surface area contributed by atoms with Crippen LogP contribution in [-0.2, 0) is 10.0 Å². The minimum atomic E-state index is -3.95. The molecule has 2 aromatic carbocycles. The Hall–Kier alpha value is -2.75. The van der Waals surface area contributed by atoms with Crippen molar-refractivity contribution in [1.82, 2.24) is 14.5 Å². The summed E-state index contributed by atoms with van der Waals surface area (Å²) < 4.78 is 43.5. The number of rotatable bonds is 5. The number of carbonyl (C=O) groups excluding carboxylic acids is 1. The molecule has 0 aliphatic rings. The van der Waals surface area contributed by atoms with Gasteiger partial charge in [0.1, 0.15) is 10.6 Å². The van der Waals surface area contributed by atoms with Crippen LogP contribution in [0, 0.1) is 5.82 Å². The Balaban J connectivity index is 1.85. The highest BCUT2D eigenvalue weighted by Gasteiger charge is 2.25. The molecule has 0 saturated heterocycles. The maximum absolute atomic E-state index is 14.4. The first-order valence-electron chi connectivity index (χ1n) is 8.91. The first-order valence-corrected chi connectivity index (χ1v) is 10.8. The normalized spacial score (nSPS) is 12.0. The Morgan fingerprint density at radius 2 is 1.90 bits per heavy atom. The number of nitrogens with zero attached hydrogens (tertiary/aromatic N) is 2. The van der Waals surface area contributed by atoms with Crippen molar-refractivity contribution in [3.05, 3.63) is 71.3 Å². The number of halogens is 2. The average molecular weight is 451 g/mol. The van der Waals surface area contributed by atoms with Crippen molar-refractivity contribution in [3.8, 4) is 5.69 Å². The Kier molecular flexibility index (Phi) is 5.98. The number of benzene rings is 2. The van der Waals surface area contributed by atoms with Crippen molar-refractivity contribution in [2.24, 2.45) is 0 Å². The molecule has 30 heavy (non-hydrogen) atoms. The van der Waals surface area contributed by atoms with Gasteiger partial charge >= 0.3 is 0 Å². The smallest absolute Gasteiger partial charge is 0.255 e. The van der Waals surface area contributed by atoms with E-state index in [9.17, 15) is 17.6 Å². The summed E-state index contributed by atoms with van der Waals surface area (Å²) in [6, 6.07) is 9.71. The highest BCUT2D eigenvalue weighted by atomic mass is 35.5. The van der Waals surface area contributed by atoms with Gasteiger partial charge < -0.3 is 5.32 Å². The third-order valence-electron chi connectivity index (χ3n) is 3.88. The van der Waals surface area contributed by atoms with Crippen LogP contribution in [0.5, 0.6) is 0 Å². The number of amides is 1. The molecule has 0 radical (unpaired) electrons. The summed E-state index contributed by atoms with van der Waals surface area (Å²) >= 11 is 6.05. The molecule has 0 fully saturated rings. The number of sulfonamides is 1. The summed E-state index contributed by atoms with van der Waals surface area (Å²) in [6.45, 7) is 5.07. The highest BCUT2D eigenvalue weighted by Crippen LogP contribution is 2.25. The van der Waals surface area contributed by atoms with Gasteiger partial charge in [-0.2, -0.15) is 5.10 Å². The topological polar surface area (TPSA) is 93.1 Å². The van der Waals surface area contributed by atoms with Gasteiger partial charge in [-0.3, -0.25) is 4.79 Å². The lowest BCUT2D eigenvalue weighted by atomic mass is 10.1. The Bertz CT molecular complexity index is 1190. The number of aromatic nitrogens is 2. The van der Waals surface area contributed by atoms with Crippen LogP contribution in [-0.4, -0.2) is 29.6 Å². The van der Waals surface area contributed by atoms with E-state index >= 15 is 0 Å². The maximum atomic E-state index is 14.4. The molecule has 0 aliphatic carbocycles. The summed E-state index contributed by atoms with van der Waals surface area (Å²) in [5.41, 5.74) is -0.231. The number of anilines is 1. The van der Waals surface area contributed by atoms with E-state index in [1.807, 2.05) is 0 Å². The first-order chi connectivity index (χ1) is 14.0. The number of hydrogen-bond donors (Lipinski definition) is 2. The predicted molar refractivity (Wildman–Crippen MR) is 113 cm³/mol. The van der Waals surface area contributed by atoms with Crippen LogP contribution in [0.15, 0.2) is 59.8 Å². The van der Waals surface area contributed by atoms with Crippen LogP contribution < -0.4 is 10.0 Å². The van der Waals surface area contributed by atoms with E-state index in [4.69, 9.17) is 11.6 Å². The molecule has 10 heteroatoms. The summed E-state index contributed by atoms with van der Waals surface area (Å²) in [7, 11) is -3.95. The number of hydrogen-bond acceptors (Lipinski definition) is 4. The Morgan fingerprint density at radius 1 is 1.17 bits per heavy atom. The fraction of sp³-hybridized carbons (Fsp3) is 0.200. The number of nitrogens with one attached hydrogen (secondary N) is 2. The molecule has 158 valence electrons. The summed E-state index contributed by atoms with van der Waals surface area (Å²) in [5, 5.41) is 6.50. The van der Waals surface area contributed by atoms with Gasteiger partial charge in [0.05, 0.1) is 5.02 Å². The molecule has 0 aliphatic heterocycles. The van der Waals surface area contributed by atoms with Crippen molar-refractivity contribution in [3.63, 3.8) is 0 Å². The highest BCUT2D eigenvalue weighted by molar-refractivity contribution is 7.89. The van der Waals surface area contributed by atoms with E-state index in [2.05, 4.69) is 15.1 Å². The Labute approximate surface area is 178 Å². The quantitative estimate of drug-likeness (QED) is 0.614. The van der Waals surface area contributed by atoms with Crippen molar-refractivity contribution in [1.29, 1.82) is 0 Å². The van der Waals surface area contributed by atoms with E-state index in [-0.39, 0.29) is 26.9 Å². The lowest BCUT2D eigenvalue weighted by Gasteiger charge is -2.21.